The summed E-state index contributed by atoms with van der Waals surface area (Å²) in [6.45, 7) is 2.18. The van der Waals surface area contributed by atoms with Crippen LogP contribution >= 0.6 is 0 Å². The fourth-order valence-corrected chi connectivity index (χ4v) is 5.99. The quantitative estimate of drug-likeness (QED) is 0.205. The second-order valence-electron chi connectivity index (χ2n) is 9.99. The third-order valence-electron chi connectivity index (χ3n) is 7.82. The molecule has 4 aromatic carbocycles. The Balaban J connectivity index is 1.73. The molecule has 0 saturated carbocycles. The van der Waals surface area contributed by atoms with Crippen LogP contribution in [0.2, 0.25) is 0 Å². The summed E-state index contributed by atoms with van der Waals surface area (Å²) in [5.74, 6) is 1.52. The Morgan fingerprint density at radius 1 is 0.795 bits per heavy atom. The van der Waals surface area contributed by atoms with Gasteiger partial charge in [-0.25, -0.2) is 0 Å². The molecule has 1 amide bonds. The summed E-state index contributed by atoms with van der Waals surface area (Å²) in [6, 6.07) is 35.9. The lowest BCUT2D eigenvalue weighted by Gasteiger charge is -2.60. The van der Waals surface area contributed by atoms with Crippen LogP contribution < -0.4 is 19.7 Å². The maximum atomic E-state index is 14.8. The zero-order valence-electron chi connectivity index (χ0n) is 22.8. The van der Waals surface area contributed by atoms with Crippen molar-refractivity contribution in [3.05, 3.63) is 120 Å². The summed E-state index contributed by atoms with van der Waals surface area (Å²) >= 11 is 0. The van der Waals surface area contributed by atoms with Gasteiger partial charge in [-0.15, -0.1) is 0 Å². The second kappa shape index (κ2) is 11.6. The van der Waals surface area contributed by atoms with Gasteiger partial charge in [0.25, 0.3) is 0 Å². The molecule has 5 nitrogen and oxygen atoms in total. The number of ether oxygens (including phenoxy) is 2. The molecule has 3 atom stereocenters. The van der Waals surface area contributed by atoms with E-state index in [1.807, 2.05) is 89.8 Å². The lowest BCUT2D eigenvalue weighted by atomic mass is 9.59. The number of benzene rings is 4. The van der Waals surface area contributed by atoms with Gasteiger partial charge in [0.05, 0.1) is 43.1 Å². The first-order chi connectivity index (χ1) is 19.2. The lowest BCUT2D eigenvalue weighted by Crippen LogP contribution is -2.67. The molecule has 4 aromatic rings. The monoisotopic (exact) mass is 520 g/mol. The molecular formula is C34H36N2O3. The predicted octanol–water partition coefficient (Wildman–Crippen LogP) is 7.82. The molecule has 0 bridgehead atoms. The van der Waals surface area contributed by atoms with Gasteiger partial charge in [0.2, 0.25) is 5.91 Å². The molecule has 0 radical (unpaired) electrons. The highest BCUT2D eigenvalue weighted by atomic mass is 16.5. The van der Waals surface area contributed by atoms with E-state index in [-0.39, 0.29) is 18.0 Å². The highest BCUT2D eigenvalue weighted by Gasteiger charge is 2.65. The first kappa shape index (κ1) is 26.4. The lowest BCUT2D eigenvalue weighted by molar-refractivity contribution is -0.143. The smallest absolute Gasteiger partial charge is 0.238 e. The summed E-state index contributed by atoms with van der Waals surface area (Å²) < 4.78 is 11.4. The number of unbranched alkanes of at least 4 members (excludes halogenated alkanes) is 1. The summed E-state index contributed by atoms with van der Waals surface area (Å²) in [6.07, 6.45) is 2.64. The Kier molecular flexibility index (Phi) is 7.87. The summed E-state index contributed by atoms with van der Waals surface area (Å²) in [5.41, 5.74) is 3.06. The van der Waals surface area contributed by atoms with E-state index in [2.05, 4.69) is 36.5 Å². The minimum atomic E-state index is -0.750. The zero-order valence-corrected chi connectivity index (χ0v) is 22.8. The molecular weight excluding hydrogens is 484 g/mol. The van der Waals surface area contributed by atoms with Crippen LogP contribution in [0, 0.1) is 5.41 Å². The average molecular weight is 521 g/mol. The van der Waals surface area contributed by atoms with Crippen molar-refractivity contribution in [1.29, 1.82) is 0 Å². The van der Waals surface area contributed by atoms with Crippen LogP contribution in [-0.2, 0) is 4.79 Å². The molecule has 1 N–H and O–H groups in total. The molecule has 1 aliphatic rings. The molecule has 39 heavy (non-hydrogen) atoms. The van der Waals surface area contributed by atoms with Gasteiger partial charge in [0.1, 0.15) is 11.5 Å². The Morgan fingerprint density at radius 3 is 2.05 bits per heavy atom. The first-order valence-corrected chi connectivity index (χ1v) is 13.6. The van der Waals surface area contributed by atoms with Crippen LogP contribution in [0.25, 0.3) is 0 Å². The van der Waals surface area contributed by atoms with E-state index in [9.17, 15) is 4.79 Å². The molecule has 1 fully saturated rings. The van der Waals surface area contributed by atoms with E-state index in [0.717, 1.165) is 47.5 Å². The SMILES string of the molecule is CCCC[C@@]1(C(Nc2ccccc2OC)c2ccccc2)C(=O)N(c2ccccc2OC)[C@H]1c1ccccc1. The number of anilines is 2. The number of para-hydroxylation sites is 4. The van der Waals surface area contributed by atoms with Crippen LogP contribution in [0.4, 0.5) is 11.4 Å². The molecule has 0 aromatic heterocycles. The Labute approximate surface area is 231 Å². The number of carbonyl (C=O) groups is 1. The Hall–Kier alpha value is -4.25. The predicted molar refractivity (Wildman–Crippen MR) is 157 cm³/mol. The number of amides is 1. The number of nitrogens with zero attached hydrogens (tertiary/aromatic N) is 1. The molecule has 1 aliphatic heterocycles. The van der Waals surface area contributed by atoms with E-state index in [1.165, 1.54) is 0 Å². The van der Waals surface area contributed by atoms with Crippen molar-refractivity contribution in [2.45, 2.75) is 38.3 Å². The van der Waals surface area contributed by atoms with Gasteiger partial charge in [-0.3, -0.25) is 9.69 Å². The first-order valence-electron chi connectivity index (χ1n) is 13.6. The topological polar surface area (TPSA) is 50.8 Å². The van der Waals surface area contributed by atoms with Crippen LogP contribution in [-0.4, -0.2) is 20.1 Å². The van der Waals surface area contributed by atoms with Gasteiger partial charge in [0, 0.05) is 0 Å². The molecule has 1 saturated heterocycles. The number of β-lactam (4-membered cyclic amide) rings is 1. The molecule has 200 valence electrons. The number of hydrogen-bond acceptors (Lipinski definition) is 4. The zero-order chi connectivity index (χ0) is 27.2. The van der Waals surface area contributed by atoms with E-state index >= 15 is 0 Å². The van der Waals surface area contributed by atoms with Crippen LogP contribution in [0.3, 0.4) is 0 Å². The standard InChI is InChI=1S/C34H36N2O3/c1-4-5-24-34(31(25-16-8-6-9-17-25)35-27-20-12-14-22-29(27)38-2)32(26-18-10-7-11-19-26)36(33(34)37)28-21-13-15-23-30(28)39-3/h6-23,31-32,35H,4-5,24H2,1-3H3/t31?,32-,34-/m0/s1. The highest BCUT2D eigenvalue weighted by Crippen LogP contribution is 2.62. The van der Waals surface area contributed by atoms with Crippen LogP contribution in [0.15, 0.2) is 109 Å². The molecule has 0 aliphatic carbocycles. The Bertz CT molecular complexity index is 1350. The van der Waals surface area contributed by atoms with Crippen molar-refractivity contribution in [3.63, 3.8) is 0 Å². The fourth-order valence-electron chi connectivity index (χ4n) is 5.99. The number of hydrogen-bond donors (Lipinski definition) is 1. The van der Waals surface area contributed by atoms with Gasteiger partial charge < -0.3 is 14.8 Å². The second-order valence-corrected chi connectivity index (χ2v) is 9.99. The highest BCUT2D eigenvalue weighted by molar-refractivity contribution is 6.08. The summed E-state index contributed by atoms with van der Waals surface area (Å²) in [4.78, 5) is 16.7. The summed E-state index contributed by atoms with van der Waals surface area (Å²) in [7, 11) is 3.33. The molecule has 0 spiro atoms. The van der Waals surface area contributed by atoms with Crippen LogP contribution in [0.5, 0.6) is 11.5 Å². The molecule has 5 heteroatoms. The number of carbonyl (C=O) groups excluding carboxylic acids is 1. The third-order valence-corrected chi connectivity index (χ3v) is 7.82. The van der Waals surface area contributed by atoms with Crippen molar-refractivity contribution in [2.24, 2.45) is 5.41 Å². The van der Waals surface area contributed by atoms with Crippen molar-refractivity contribution in [3.8, 4) is 11.5 Å². The minimum absolute atomic E-state index is 0.0885. The Morgan fingerprint density at radius 2 is 1.38 bits per heavy atom. The number of rotatable bonds is 11. The van der Waals surface area contributed by atoms with Crippen molar-refractivity contribution < 1.29 is 14.3 Å². The minimum Gasteiger partial charge on any atom is -0.495 e. The van der Waals surface area contributed by atoms with Gasteiger partial charge in [-0.05, 0) is 41.8 Å². The maximum Gasteiger partial charge on any atom is 0.238 e. The van der Waals surface area contributed by atoms with E-state index in [0.29, 0.717) is 5.75 Å². The van der Waals surface area contributed by atoms with Crippen LogP contribution in [0.1, 0.15) is 49.4 Å². The largest absolute Gasteiger partial charge is 0.495 e. The van der Waals surface area contributed by atoms with Gasteiger partial charge in [0.15, 0.2) is 0 Å². The normalized spacial score (nSPS) is 19.2. The van der Waals surface area contributed by atoms with Crippen molar-refractivity contribution >= 4 is 17.3 Å². The number of nitrogens with one attached hydrogen (secondary N) is 1. The number of methoxy groups -OCH3 is 2. The van der Waals surface area contributed by atoms with Gasteiger partial charge >= 0.3 is 0 Å². The fraction of sp³-hybridized carbons (Fsp3) is 0.265. The van der Waals surface area contributed by atoms with E-state index < -0.39 is 5.41 Å². The summed E-state index contributed by atoms with van der Waals surface area (Å²) in [5, 5.41) is 3.79. The van der Waals surface area contributed by atoms with Gasteiger partial charge in [-0.2, -0.15) is 0 Å². The molecule has 1 unspecified atom stereocenters. The van der Waals surface area contributed by atoms with Crippen molar-refractivity contribution in [2.75, 3.05) is 24.4 Å². The average Bonchev–Trinajstić information content (AvgIpc) is 3.00. The van der Waals surface area contributed by atoms with Crippen molar-refractivity contribution in [1.82, 2.24) is 0 Å². The van der Waals surface area contributed by atoms with E-state index in [1.54, 1.807) is 14.2 Å². The van der Waals surface area contributed by atoms with Gasteiger partial charge in [-0.1, -0.05) is 105 Å². The maximum absolute atomic E-state index is 14.8. The van der Waals surface area contributed by atoms with E-state index in [4.69, 9.17) is 9.47 Å². The third kappa shape index (κ3) is 4.74. The molecule has 5 rings (SSSR count). The molecule has 1 heterocycles.